The Morgan fingerprint density at radius 2 is 1.87 bits per heavy atom. The Hall–Kier alpha value is -4.05. The van der Waals surface area contributed by atoms with E-state index in [9.17, 15) is 14.0 Å². The first-order valence-corrected chi connectivity index (χ1v) is 9.25. The molecule has 0 spiro atoms. The first-order chi connectivity index (χ1) is 14.9. The quantitative estimate of drug-likeness (QED) is 0.415. The van der Waals surface area contributed by atoms with Crippen molar-refractivity contribution < 1.29 is 18.7 Å². The van der Waals surface area contributed by atoms with Crippen molar-refractivity contribution in [2.45, 2.75) is 6.54 Å². The minimum atomic E-state index is -0.684. The SMILES string of the molecule is COCC(=O)Nc1cccc(Nc2ncc(C(N)=O)c(NCc3ccc(F)cc3)n2)c1. The summed E-state index contributed by atoms with van der Waals surface area (Å²) in [5.74, 6) is -0.855. The summed E-state index contributed by atoms with van der Waals surface area (Å²) in [7, 11) is 1.44. The number of ether oxygens (including phenoxy) is 1. The molecule has 1 heterocycles. The first kappa shape index (κ1) is 21.7. The molecule has 9 nitrogen and oxygen atoms in total. The lowest BCUT2D eigenvalue weighted by Crippen LogP contribution is -2.17. The van der Waals surface area contributed by atoms with E-state index in [0.29, 0.717) is 17.9 Å². The summed E-state index contributed by atoms with van der Waals surface area (Å²) in [5.41, 5.74) is 7.51. The minimum absolute atomic E-state index is 0.0571. The number of hydrogen-bond acceptors (Lipinski definition) is 7. The standard InChI is InChI=1S/C21H21FN6O3/c1-31-12-18(29)26-15-3-2-4-16(9-15)27-21-25-11-17(19(23)30)20(28-21)24-10-13-5-7-14(22)8-6-13/h2-9,11H,10,12H2,1H3,(H2,23,30)(H,26,29)(H2,24,25,27,28). The zero-order valence-electron chi connectivity index (χ0n) is 16.7. The number of methoxy groups -OCH3 is 1. The van der Waals surface area contributed by atoms with E-state index < -0.39 is 5.91 Å². The molecule has 5 N–H and O–H groups in total. The van der Waals surface area contributed by atoms with Crippen molar-refractivity contribution in [1.29, 1.82) is 0 Å². The molecular formula is C21H21FN6O3. The Balaban J connectivity index is 1.76. The van der Waals surface area contributed by atoms with Crippen molar-refractivity contribution in [2.75, 3.05) is 29.7 Å². The lowest BCUT2D eigenvalue weighted by molar-refractivity contribution is -0.119. The van der Waals surface area contributed by atoms with Crippen molar-refractivity contribution in [3.8, 4) is 0 Å². The van der Waals surface area contributed by atoms with E-state index >= 15 is 0 Å². The van der Waals surface area contributed by atoms with Crippen molar-refractivity contribution >= 4 is 35.0 Å². The second-order valence-corrected chi connectivity index (χ2v) is 6.49. The molecule has 1 aromatic heterocycles. The zero-order chi connectivity index (χ0) is 22.2. The predicted molar refractivity (Wildman–Crippen MR) is 115 cm³/mol. The molecule has 0 bridgehead atoms. The Kier molecular flexibility index (Phi) is 7.07. The van der Waals surface area contributed by atoms with Gasteiger partial charge < -0.3 is 26.4 Å². The molecule has 0 saturated carbocycles. The summed E-state index contributed by atoms with van der Waals surface area (Å²) in [6.45, 7) is 0.246. The fourth-order valence-electron chi connectivity index (χ4n) is 2.68. The van der Waals surface area contributed by atoms with Crippen molar-refractivity contribution in [3.63, 3.8) is 0 Å². The molecule has 2 aromatic carbocycles. The van der Waals surface area contributed by atoms with E-state index in [1.54, 1.807) is 36.4 Å². The van der Waals surface area contributed by atoms with Gasteiger partial charge in [0.05, 0.1) is 5.56 Å². The molecule has 0 aliphatic rings. The molecule has 0 aliphatic carbocycles. The molecule has 0 atom stereocenters. The van der Waals surface area contributed by atoms with Gasteiger partial charge in [0, 0.05) is 31.2 Å². The summed E-state index contributed by atoms with van der Waals surface area (Å²) in [6.07, 6.45) is 1.31. The zero-order valence-corrected chi connectivity index (χ0v) is 16.7. The highest BCUT2D eigenvalue weighted by atomic mass is 19.1. The van der Waals surface area contributed by atoms with Crippen LogP contribution in [0.5, 0.6) is 0 Å². The number of amides is 2. The molecule has 160 valence electrons. The lowest BCUT2D eigenvalue weighted by atomic mass is 10.2. The van der Waals surface area contributed by atoms with E-state index in [4.69, 9.17) is 10.5 Å². The van der Waals surface area contributed by atoms with Crippen molar-refractivity contribution in [2.24, 2.45) is 5.73 Å². The van der Waals surface area contributed by atoms with E-state index in [1.165, 1.54) is 25.4 Å². The van der Waals surface area contributed by atoms with E-state index in [-0.39, 0.29) is 35.7 Å². The molecule has 0 radical (unpaired) electrons. The molecule has 3 aromatic rings. The number of hydrogen-bond donors (Lipinski definition) is 4. The third-order valence-corrected chi connectivity index (χ3v) is 4.11. The highest BCUT2D eigenvalue weighted by molar-refractivity contribution is 5.97. The van der Waals surface area contributed by atoms with E-state index in [2.05, 4.69) is 25.9 Å². The van der Waals surface area contributed by atoms with Gasteiger partial charge in [0.15, 0.2) is 0 Å². The van der Waals surface area contributed by atoms with Gasteiger partial charge in [-0.3, -0.25) is 9.59 Å². The van der Waals surface area contributed by atoms with Crippen LogP contribution in [0.2, 0.25) is 0 Å². The number of nitrogens with one attached hydrogen (secondary N) is 3. The molecule has 10 heteroatoms. The van der Waals surface area contributed by atoms with Crippen LogP contribution in [0.1, 0.15) is 15.9 Å². The maximum atomic E-state index is 13.1. The number of rotatable bonds is 9. The number of benzene rings is 2. The first-order valence-electron chi connectivity index (χ1n) is 9.25. The number of aromatic nitrogens is 2. The molecule has 31 heavy (non-hydrogen) atoms. The third-order valence-electron chi connectivity index (χ3n) is 4.11. The Bertz CT molecular complexity index is 1070. The van der Waals surface area contributed by atoms with E-state index in [0.717, 1.165) is 5.56 Å². The molecule has 0 saturated heterocycles. The number of primary amides is 1. The van der Waals surface area contributed by atoms with Gasteiger partial charge in [-0.1, -0.05) is 18.2 Å². The monoisotopic (exact) mass is 424 g/mol. The van der Waals surface area contributed by atoms with Crippen LogP contribution in [0.4, 0.5) is 27.5 Å². The molecule has 0 aliphatic heterocycles. The summed E-state index contributed by atoms with van der Waals surface area (Å²) >= 11 is 0. The highest BCUT2D eigenvalue weighted by Gasteiger charge is 2.13. The van der Waals surface area contributed by atoms with Crippen LogP contribution in [0.25, 0.3) is 0 Å². The smallest absolute Gasteiger partial charge is 0.254 e. The van der Waals surface area contributed by atoms with Crippen LogP contribution in [-0.4, -0.2) is 35.5 Å². The fraction of sp³-hybridized carbons (Fsp3) is 0.143. The van der Waals surface area contributed by atoms with Crippen LogP contribution in [0.15, 0.2) is 54.7 Å². The van der Waals surface area contributed by atoms with Gasteiger partial charge in [0.2, 0.25) is 11.9 Å². The van der Waals surface area contributed by atoms with Crippen LogP contribution >= 0.6 is 0 Å². The molecule has 0 fully saturated rings. The third kappa shape index (κ3) is 6.21. The summed E-state index contributed by atoms with van der Waals surface area (Å²) in [5, 5.41) is 8.74. The largest absolute Gasteiger partial charge is 0.375 e. The number of nitrogens with zero attached hydrogens (tertiary/aromatic N) is 2. The van der Waals surface area contributed by atoms with Gasteiger partial charge in [0.25, 0.3) is 5.91 Å². The predicted octanol–water partition coefficient (Wildman–Crippen LogP) is 2.66. The molecule has 2 amide bonds. The van der Waals surface area contributed by atoms with Gasteiger partial charge in [-0.05, 0) is 35.9 Å². The summed E-state index contributed by atoms with van der Waals surface area (Å²) in [4.78, 5) is 31.9. The second-order valence-electron chi connectivity index (χ2n) is 6.49. The number of carbonyl (C=O) groups excluding carboxylic acids is 2. The number of nitrogens with two attached hydrogens (primary N) is 1. The normalized spacial score (nSPS) is 10.4. The lowest BCUT2D eigenvalue weighted by Gasteiger charge is -2.12. The van der Waals surface area contributed by atoms with Crippen molar-refractivity contribution in [3.05, 3.63) is 71.7 Å². The van der Waals surface area contributed by atoms with Gasteiger partial charge in [-0.15, -0.1) is 0 Å². The summed E-state index contributed by atoms with van der Waals surface area (Å²) in [6, 6.07) is 12.9. The van der Waals surface area contributed by atoms with Crippen LogP contribution in [0, 0.1) is 5.82 Å². The fourth-order valence-corrected chi connectivity index (χ4v) is 2.68. The Morgan fingerprint density at radius 3 is 2.58 bits per heavy atom. The van der Waals surface area contributed by atoms with E-state index in [1.807, 2.05) is 0 Å². The number of anilines is 4. The average molecular weight is 424 g/mol. The minimum Gasteiger partial charge on any atom is -0.375 e. The van der Waals surface area contributed by atoms with Gasteiger partial charge in [-0.25, -0.2) is 9.37 Å². The Morgan fingerprint density at radius 1 is 1.13 bits per heavy atom. The molecular weight excluding hydrogens is 403 g/mol. The average Bonchev–Trinajstić information content (AvgIpc) is 2.73. The topological polar surface area (TPSA) is 131 Å². The highest BCUT2D eigenvalue weighted by Crippen LogP contribution is 2.21. The van der Waals surface area contributed by atoms with Crippen LogP contribution < -0.4 is 21.7 Å². The van der Waals surface area contributed by atoms with Gasteiger partial charge in [0.1, 0.15) is 18.2 Å². The Labute approximate surface area is 177 Å². The van der Waals surface area contributed by atoms with Crippen molar-refractivity contribution in [1.82, 2.24) is 9.97 Å². The maximum absolute atomic E-state index is 13.1. The second kappa shape index (κ2) is 10.1. The van der Waals surface area contributed by atoms with Crippen LogP contribution in [-0.2, 0) is 16.1 Å². The van der Waals surface area contributed by atoms with Gasteiger partial charge >= 0.3 is 0 Å². The number of halogens is 1. The summed E-state index contributed by atoms with van der Waals surface area (Å²) < 4.78 is 17.9. The maximum Gasteiger partial charge on any atom is 0.254 e. The number of carbonyl (C=O) groups is 2. The van der Waals surface area contributed by atoms with Gasteiger partial charge in [-0.2, -0.15) is 4.98 Å². The molecule has 3 rings (SSSR count). The van der Waals surface area contributed by atoms with Crippen LogP contribution in [0.3, 0.4) is 0 Å². The molecule has 0 unspecified atom stereocenters.